The van der Waals surface area contributed by atoms with Gasteiger partial charge in [-0.2, -0.15) is 8.42 Å². The summed E-state index contributed by atoms with van der Waals surface area (Å²) in [6, 6.07) is 17.4. The van der Waals surface area contributed by atoms with E-state index in [1.807, 2.05) is 30.3 Å². The van der Waals surface area contributed by atoms with E-state index in [1.165, 1.54) is 12.1 Å². The van der Waals surface area contributed by atoms with Crippen molar-refractivity contribution in [3.63, 3.8) is 0 Å². The summed E-state index contributed by atoms with van der Waals surface area (Å²) in [6.07, 6.45) is -0.477. The Morgan fingerprint density at radius 2 is 0.755 bits per heavy atom. The molecule has 53 heavy (non-hydrogen) atoms. The van der Waals surface area contributed by atoms with Gasteiger partial charge in [0.15, 0.2) is 0 Å². The molecule has 0 aliphatic heterocycles. The van der Waals surface area contributed by atoms with Crippen LogP contribution >= 0.6 is 0 Å². The Bertz CT molecular complexity index is 1210. The van der Waals surface area contributed by atoms with Gasteiger partial charge >= 0.3 is 6.09 Å². The Balaban J connectivity index is 1.16. The molecule has 2 aromatic carbocycles. The van der Waals surface area contributed by atoms with Crippen molar-refractivity contribution in [2.75, 3.05) is 145 Å². The van der Waals surface area contributed by atoms with E-state index in [0.29, 0.717) is 132 Å². The Hall–Kier alpha value is -2.78. The molecular formula is C36H57NO15S. The van der Waals surface area contributed by atoms with Crippen molar-refractivity contribution in [1.29, 1.82) is 0 Å². The summed E-state index contributed by atoms with van der Waals surface area (Å²) in [4.78, 5) is 11.8. The van der Waals surface area contributed by atoms with Gasteiger partial charge in [0.05, 0.1) is 144 Å². The lowest BCUT2D eigenvalue weighted by atomic mass is 10.2. The predicted molar refractivity (Wildman–Crippen MR) is 192 cm³/mol. The van der Waals surface area contributed by atoms with E-state index in [4.69, 9.17) is 56.3 Å². The third-order valence-electron chi connectivity index (χ3n) is 6.57. The third-order valence-corrected chi connectivity index (χ3v) is 7.90. The summed E-state index contributed by atoms with van der Waals surface area (Å²) < 4.78 is 88.4. The molecule has 2 rings (SSSR count). The number of amides is 1. The highest BCUT2D eigenvalue weighted by atomic mass is 32.2. The SMILES string of the molecule is O=C(NCCOCCOCCOCCOCCOCCOCCOCCOCCOCCOCCOS(=O)(=O)c1ccccc1)OCc1ccccc1. The van der Waals surface area contributed by atoms with E-state index in [-0.39, 0.29) is 24.7 Å². The smallest absolute Gasteiger partial charge is 0.407 e. The summed E-state index contributed by atoms with van der Waals surface area (Å²) in [5, 5.41) is 2.64. The van der Waals surface area contributed by atoms with Crippen LogP contribution in [0.15, 0.2) is 65.6 Å². The lowest BCUT2D eigenvalue weighted by molar-refractivity contribution is -0.0266. The van der Waals surface area contributed by atoms with Crippen LogP contribution in [-0.4, -0.2) is 160 Å². The lowest BCUT2D eigenvalue weighted by Gasteiger charge is -2.09. The van der Waals surface area contributed by atoms with Gasteiger partial charge in [-0.05, 0) is 17.7 Å². The maximum Gasteiger partial charge on any atom is 0.407 e. The van der Waals surface area contributed by atoms with Gasteiger partial charge < -0.3 is 57.4 Å². The van der Waals surface area contributed by atoms with Gasteiger partial charge in [0.25, 0.3) is 10.1 Å². The molecular weight excluding hydrogens is 718 g/mol. The minimum Gasteiger partial charge on any atom is -0.445 e. The van der Waals surface area contributed by atoms with Crippen LogP contribution in [0.25, 0.3) is 0 Å². The normalized spacial score (nSPS) is 11.5. The van der Waals surface area contributed by atoms with Gasteiger partial charge in [-0.3, -0.25) is 4.18 Å². The van der Waals surface area contributed by atoms with E-state index in [1.54, 1.807) is 18.2 Å². The zero-order chi connectivity index (χ0) is 37.8. The summed E-state index contributed by atoms with van der Waals surface area (Å²) in [5.41, 5.74) is 0.931. The second-order valence-corrected chi connectivity index (χ2v) is 12.3. The Labute approximate surface area is 313 Å². The highest BCUT2D eigenvalue weighted by Gasteiger charge is 2.13. The highest BCUT2D eigenvalue weighted by Crippen LogP contribution is 2.10. The fraction of sp³-hybridized carbons (Fsp3) is 0.639. The number of carbonyl (C=O) groups is 1. The van der Waals surface area contributed by atoms with Gasteiger partial charge in [0, 0.05) is 6.54 Å². The molecule has 0 heterocycles. The van der Waals surface area contributed by atoms with E-state index >= 15 is 0 Å². The summed E-state index contributed by atoms with van der Waals surface area (Å²) >= 11 is 0. The lowest BCUT2D eigenvalue weighted by Crippen LogP contribution is -2.28. The van der Waals surface area contributed by atoms with Crippen molar-refractivity contribution in [2.45, 2.75) is 11.5 Å². The van der Waals surface area contributed by atoms with Crippen molar-refractivity contribution in [3.8, 4) is 0 Å². The van der Waals surface area contributed by atoms with Gasteiger partial charge in [-0.1, -0.05) is 48.5 Å². The second kappa shape index (κ2) is 33.8. The molecule has 1 amide bonds. The molecule has 16 nitrogen and oxygen atoms in total. The number of benzene rings is 2. The molecule has 0 bridgehead atoms. The van der Waals surface area contributed by atoms with Crippen LogP contribution in [0, 0.1) is 0 Å². The fourth-order valence-electron chi connectivity index (χ4n) is 3.94. The summed E-state index contributed by atoms with van der Waals surface area (Å²) in [6.45, 7) is 8.98. The van der Waals surface area contributed by atoms with Crippen molar-refractivity contribution >= 4 is 16.2 Å². The third kappa shape index (κ3) is 28.3. The molecule has 0 aliphatic carbocycles. The number of nitrogens with one attached hydrogen (secondary N) is 1. The Kier molecular flexibility index (Phi) is 29.5. The van der Waals surface area contributed by atoms with E-state index in [9.17, 15) is 13.2 Å². The Morgan fingerprint density at radius 3 is 1.13 bits per heavy atom. The first kappa shape index (κ1) is 46.4. The number of alkyl carbamates (subject to hydrolysis) is 1. The molecule has 0 aliphatic rings. The molecule has 302 valence electrons. The van der Waals surface area contributed by atoms with Gasteiger partial charge in [0.2, 0.25) is 0 Å². The summed E-state index contributed by atoms with van der Waals surface area (Å²) in [5.74, 6) is 0. The molecule has 2 aromatic rings. The van der Waals surface area contributed by atoms with Crippen molar-refractivity contribution in [1.82, 2.24) is 5.32 Å². The zero-order valence-electron chi connectivity index (χ0n) is 30.6. The molecule has 0 atom stereocenters. The number of ether oxygens (including phenoxy) is 11. The number of rotatable bonds is 37. The molecule has 0 saturated carbocycles. The van der Waals surface area contributed by atoms with Crippen molar-refractivity contribution in [2.24, 2.45) is 0 Å². The van der Waals surface area contributed by atoms with Gasteiger partial charge in [0.1, 0.15) is 6.61 Å². The standard InChI is InChI=1S/C36H57NO15S/c38-36(51-33-34-7-3-1-4-8-34)37-11-12-41-13-14-42-15-16-43-17-18-44-19-20-45-21-22-46-23-24-47-25-26-48-27-28-49-29-30-50-31-32-52-53(39,40)35-9-5-2-6-10-35/h1-10H,11-33H2,(H,37,38). The fourth-order valence-corrected chi connectivity index (χ4v) is 4.85. The maximum atomic E-state index is 12.0. The average Bonchev–Trinajstić information content (AvgIpc) is 3.18. The first-order chi connectivity index (χ1) is 26.1. The minimum atomic E-state index is -3.76. The first-order valence-electron chi connectivity index (χ1n) is 17.7. The Morgan fingerprint density at radius 1 is 0.434 bits per heavy atom. The highest BCUT2D eigenvalue weighted by molar-refractivity contribution is 7.86. The molecule has 17 heteroatoms. The molecule has 0 unspecified atom stereocenters. The second-order valence-electron chi connectivity index (χ2n) is 10.7. The number of hydrogen-bond donors (Lipinski definition) is 1. The molecule has 0 radical (unpaired) electrons. The van der Waals surface area contributed by atoms with Crippen LogP contribution in [0.4, 0.5) is 4.79 Å². The molecule has 0 fully saturated rings. The molecule has 0 aromatic heterocycles. The number of hydrogen-bond acceptors (Lipinski definition) is 15. The van der Waals surface area contributed by atoms with Gasteiger partial charge in [-0.15, -0.1) is 0 Å². The molecule has 1 N–H and O–H groups in total. The van der Waals surface area contributed by atoms with Crippen LogP contribution in [-0.2, 0) is 73.0 Å². The van der Waals surface area contributed by atoms with Crippen LogP contribution in [0.5, 0.6) is 0 Å². The number of carbonyl (C=O) groups excluding carboxylic acids is 1. The van der Waals surface area contributed by atoms with Crippen LogP contribution < -0.4 is 5.32 Å². The quantitative estimate of drug-likeness (QED) is 0.0783. The predicted octanol–water partition coefficient (Wildman–Crippen LogP) is 2.48. The largest absolute Gasteiger partial charge is 0.445 e. The molecule has 0 saturated heterocycles. The van der Waals surface area contributed by atoms with E-state index in [2.05, 4.69) is 5.32 Å². The minimum absolute atomic E-state index is 0.0644. The van der Waals surface area contributed by atoms with E-state index < -0.39 is 16.2 Å². The summed E-state index contributed by atoms with van der Waals surface area (Å²) in [7, 11) is -3.76. The zero-order valence-corrected chi connectivity index (χ0v) is 31.4. The van der Waals surface area contributed by atoms with Crippen molar-refractivity contribution < 1.29 is 69.5 Å². The van der Waals surface area contributed by atoms with E-state index in [0.717, 1.165) is 5.56 Å². The maximum absolute atomic E-state index is 12.0. The van der Waals surface area contributed by atoms with Crippen LogP contribution in [0.1, 0.15) is 5.56 Å². The van der Waals surface area contributed by atoms with Crippen molar-refractivity contribution in [3.05, 3.63) is 66.2 Å². The van der Waals surface area contributed by atoms with Crippen LogP contribution in [0.2, 0.25) is 0 Å². The first-order valence-corrected chi connectivity index (χ1v) is 19.1. The van der Waals surface area contributed by atoms with Gasteiger partial charge in [-0.25, -0.2) is 4.79 Å². The van der Waals surface area contributed by atoms with Crippen LogP contribution in [0.3, 0.4) is 0 Å². The topological polar surface area (TPSA) is 174 Å². The molecule has 0 spiro atoms. The average molecular weight is 776 g/mol. The monoisotopic (exact) mass is 775 g/mol.